The zero-order valence-corrected chi connectivity index (χ0v) is 15.4. The third-order valence-corrected chi connectivity index (χ3v) is 4.86. The smallest absolute Gasteiger partial charge is 0.241 e. The van der Waals surface area contributed by atoms with E-state index in [2.05, 4.69) is 32.9 Å². The summed E-state index contributed by atoms with van der Waals surface area (Å²) < 4.78 is 2.01. The second-order valence-electron chi connectivity index (χ2n) is 6.78. The van der Waals surface area contributed by atoms with Crippen LogP contribution in [0, 0.1) is 6.92 Å². The predicted octanol–water partition coefficient (Wildman–Crippen LogP) is 3.10. The second kappa shape index (κ2) is 7.29. The van der Waals surface area contributed by atoms with Gasteiger partial charge in [-0.2, -0.15) is 9.97 Å². The molecule has 3 heterocycles. The molecule has 1 aliphatic heterocycles. The van der Waals surface area contributed by atoms with Gasteiger partial charge in [-0.1, -0.05) is 36.8 Å². The minimum Gasteiger partial charge on any atom is -0.364 e. The van der Waals surface area contributed by atoms with E-state index in [1.165, 1.54) is 24.8 Å². The quantitative estimate of drug-likeness (QED) is 0.736. The van der Waals surface area contributed by atoms with E-state index < -0.39 is 0 Å². The number of fused-ring (bicyclic) bond motifs is 1. The number of nitrogens with zero attached hydrogens (tertiary/aromatic N) is 5. The molecule has 1 saturated heterocycles. The highest BCUT2D eigenvalue weighted by atomic mass is 15.5. The third-order valence-electron chi connectivity index (χ3n) is 4.86. The average molecular weight is 351 g/mol. The number of rotatable bonds is 5. The van der Waals surface area contributed by atoms with Crippen LogP contribution in [0.25, 0.3) is 11.2 Å². The molecule has 26 heavy (non-hydrogen) atoms. The number of imidazole rings is 1. The molecule has 7 nitrogen and oxygen atoms in total. The number of aromatic nitrogens is 4. The summed E-state index contributed by atoms with van der Waals surface area (Å²) in [6.07, 6.45) is 3.71. The summed E-state index contributed by atoms with van der Waals surface area (Å²) in [4.78, 5) is 14.1. The Kier molecular flexibility index (Phi) is 4.71. The number of hydrogen-bond acceptors (Lipinski definition) is 6. The van der Waals surface area contributed by atoms with Crippen LogP contribution in [0.1, 0.15) is 30.7 Å². The molecule has 0 amide bonds. The van der Waals surface area contributed by atoms with Crippen LogP contribution < -0.4 is 10.7 Å². The van der Waals surface area contributed by atoms with Gasteiger partial charge < -0.3 is 9.88 Å². The van der Waals surface area contributed by atoms with Crippen molar-refractivity contribution < 1.29 is 0 Å². The van der Waals surface area contributed by atoms with Gasteiger partial charge in [-0.15, -0.1) is 0 Å². The van der Waals surface area contributed by atoms with Crippen LogP contribution in [0.5, 0.6) is 0 Å². The number of nitrogens with one attached hydrogen (secondary N) is 2. The molecular formula is C19H25N7. The summed E-state index contributed by atoms with van der Waals surface area (Å²) in [7, 11) is 1.99. The summed E-state index contributed by atoms with van der Waals surface area (Å²) >= 11 is 0. The van der Waals surface area contributed by atoms with Crippen LogP contribution in [-0.4, -0.2) is 37.6 Å². The Hall–Kier alpha value is -2.67. The molecule has 3 aromatic rings. The van der Waals surface area contributed by atoms with Crippen LogP contribution in [0.15, 0.2) is 30.3 Å². The highest BCUT2D eigenvalue weighted by Gasteiger charge is 2.17. The van der Waals surface area contributed by atoms with Gasteiger partial charge in [0.2, 0.25) is 5.95 Å². The van der Waals surface area contributed by atoms with Gasteiger partial charge >= 0.3 is 0 Å². The molecule has 1 fully saturated rings. The van der Waals surface area contributed by atoms with Crippen LogP contribution in [0.2, 0.25) is 0 Å². The fraction of sp³-hybridized carbons (Fsp3) is 0.421. The SMILES string of the molecule is Cc1nc2c(NCc3ccccc3)nc(NN3CCCCC3)nc2n1C. The first-order valence-corrected chi connectivity index (χ1v) is 9.21. The van der Waals surface area contributed by atoms with Crippen LogP contribution in [-0.2, 0) is 13.6 Å². The van der Waals surface area contributed by atoms with Crippen molar-refractivity contribution in [2.24, 2.45) is 7.05 Å². The van der Waals surface area contributed by atoms with Crippen molar-refractivity contribution in [1.29, 1.82) is 0 Å². The first kappa shape index (κ1) is 16.8. The summed E-state index contributed by atoms with van der Waals surface area (Å²) in [6, 6.07) is 10.3. The number of benzene rings is 1. The normalized spacial score (nSPS) is 15.3. The van der Waals surface area contributed by atoms with E-state index in [1.54, 1.807) is 0 Å². The standard InChI is InChI=1S/C19H25N7/c1-14-21-16-17(20-13-15-9-5-3-6-10-15)22-19(23-18(16)25(14)2)24-26-11-7-4-8-12-26/h3,5-6,9-10H,4,7-8,11-13H2,1-2H3,(H2,20,22,23,24). The lowest BCUT2D eigenvalue weighted by atomic mass is 10.2. The Bertz CT molecular complexity index is 882. The molecule has 0 spiro atoms. The van der Waals surface area contributed by atoms with Crippen molar-refractivity contribution in [1.82, 2.24) is 24.5 Å². The molecular weight excluding hydrogens is 326 g/mol. The van der Waals surface area contributed by atoms with Crippen LogP contribution in [0.4, 0.5) is 11.8 Å². The van der Waals surface area contributed by atoms with Gasteiger partial charge in [0.1, 0.15) is 5.82 Å². The molecule has 0 aliphatic carbocycles. The fourth-order valence-corrected chi connectivity index (χ4v) is 3.27. The van der Waals surface area contributed by atoms with Gasteiger partial charge in [0.25, 0.3) is 0 Å². The largest absolute Gasteiger partial charge is 0.364 e. The molecule has 4 rings (SSSR count). The summed E-state index contributed by atoms with van der Waals surface area (Å²) in [5.74, 6) is 2.31. The zero-order chi connectivity index (χ0) is 17.9. The minimum atomic E-state index is 0.623. The molecule has 1 aliphatic rings. The van der Waals surface area contributed by atoms with Crippen molar-refractivity contribution >= 4 is 22.9 Å². The molecule has 0 atom stereocenters. The Balaban J connectivity index is 1.63. The van der Waals surface area contributed by atoms with Gasteiger partial charge in [0.05, 0.1) is 0 Å². The van der Waals surface area contributed by atoms with Gasteiger partial charge in [-0.3, -0.25) is 5.43 Å². The van der Waals surface area contributed by atoms with Gasteiger partial charge in [0, 0.05) is 26.7 Å². The maximum absolute atomic E-state index is 4.71. The van der Waals surface area contributed by atoms with E-state index in [1.807, 2.05) is 36.7 Å². The van der Waals surface area contributed by atoms with E-state index in [0.717, 1.165) is 35.9 Å². The van der Waals surface area contributed by atoms with E-state index in [4.69, 9.17) is 9.97 Å². The zero-order valence-electron chi connectivity index (χ0n) is 15.4. The summed E-state index contributed by atoms with van der Waals surface area (Å²) in [6.45, 7) is 4.74. The molecule has 136 valence electrons. The maximum atomic E-state index is 4.71. The maximum Gasteiger partial charge on any atom is 0.241 e. The number of aryl methyl sites for hydroxylation is 2. The van der Waals surface area contributed by atoms with E-state index >= 15 is 0 Å². The lowest BCUT2D eigenvalue weighted by Gasteiger charge is -2.26. The highest BCUT2D eigenvalue weighted by Crippen LogP contribution is 2.23. The first-order chi connectivity index (χ1) is 12.7. The molecule has 2 N–H and O–H groups in total. The van der Waals surface area contributed by atoms with E-state index in [0.29, 0.717) is 12.5 Å². The highest BCUT2D eigenvalue weighted by molar-refractivity contribution is 5.84. The Morgan fingerprint density at radius 1 is 1.00 bits per heavy atom. The van der Waals surface area contributed by atoms with E-state index in [-0.39, 0.29) is 0 Å². The lowest BCUT2D eigenvalue weighted by molar-refractivity contribution is 0.271. The molecule has 1 aromatic carbocycles. The fourth-order valence-electron chi connectivity index (χ4n) is 3.27. The molecule has 0 bridgehead atoms. The Labute approximate surface area is 153 Å². The first-order valence-electron chi connectivity index (χ1n) is 9.21. The molecule has 7 heteroatoms. The summed E-state index contributed by atoms with van der Waals surface area (Å²) in [5.41, 5.74) is 6.23. The van der Waals surface area contributed by atoms with Crippen molar-refractivity contribution in [3.8, 4) is 0 Å². The van der Waals surface area contributed by atoms with Crippen molar-refractivity contribution in [2.45, 2.75) is 32.7 Å². The van der Waals surface area contributed by atoms with Crippen LogP contribution in [0.3, 0.4) is 0 Å². The number of hydrazine groups is 1. The number of hydrogen-bond donors (Lipinski definition) is 2. The second-order valence-corrected chi connectivity index (χ2v) is 6.78. The predicted molar refractivity (Wildman–Crippen MR) is 104 cm³/mol. The average Bonchev–Trinajstić information content (AvgIpc) is 2.96. The van der Waals surface area contributed by atoms with Crippen molar-refractivity contribution in [3.63, 3.8) is 0 Å². The topological polar surface area (TPSA) is 70.9 Å². The molecule has 0 unspecified atom stereocenters. The van der Waals surface area contributed by atoms with Crippen molar-refractivity contribution in [3.05, 3.63) is 41.7 Å². The Morgan fingerprint density at radius 3 is 2.54 bits per heavy atom. The summed E-state index contributed by atoms with van der Waals surface area (Å²) in [5, 5.41) is 5.64. The van der Waals surface area contributed by atoms with Gasteiger partial charge in [-0.05, 0) is 25.3 Å². The Morgan fingerprint density at radius 2 is 1.77 bits per heavy atom. The monoisotopic (exact) mass is 351 g/mol. The van der Waals surface area contributed by atoms with E-state index in [9.17, 15) is 0 Å². The molecule has 2 aromatic heterocycles. The minimum absolute atomic E-state index is 0.623. The van der Waals surface area contributed by atoms with Crippen LogP contribution >= 0.6 is 0 Å². The molecule has 0 saturated carbocycles. The lowest BCUT2D eigenvalue weighted by Crippen LogP contribution is -2.35. The van der Waals surface area contributed by atoms with Gasteiger partial charge in [0.15, 0.2) is 17.0 Å². The molecule has 0 radical (unpaired) electrons. The number of anilines is 2. The van der Waals surface area contributed by atoms with Crippen molar-refractivity contribution in [2.75, 3.05) is 23.8 Å². The number of piperidine rings is 1. The third kappa shape index (κ3) is 3.48. The van der Waals surface area contributed by atoms with Gasteiger partial charge in [-0.25, -0.2) is 9.99 Å².